The largest absolute Gasteiger partial charge is 0.458 e. The fraction of sp³-hybridized carbons (Fsp3) is 0.250. The van der Waals surface area contributed by atoms with Crippen LogP contribution >= 0.6 is 22.6 Å². The van der Waals surface area contributed by atoms with Crippen LogP contribution in [-0.2, 0) is 20.7 Å². The maximum Gasteiger partial charge on any atom is 0.458 e. The number of hydrogen-bond donors (Lipinski definition) is 1. The number of hydrogen-bond acceptors (Lipinski definition) is 3. The second kappa shape index (κ2) is 6.91. The van der Waals surface area contributed by atoms with Crippen LogP contribution in [-0.4, -0.2) is 19.1 Å². The summed E-state index contributed by atoms with van der Waals surface area (Å²) < 4.78 is 98.6. The Kier molecular flexibility index (Phi) is 6.70. The molecule has 0 saturated carbocycles. The molecule has 0 aliphatic rings. The zero-order chi connectivity index (χ0) is 16.2. The Labute approximate surface area is 122 Å². The molecule has 0 bridgehead atoms. The predicted octanol–water partition coefficient (Wildman–Crippen LogP) is 3.64. The van der Waals surface area contributed by atoms with Gasteiger partial charge in [0.25, 0.3) is 0 Å². The molecule has 1 aromatic carbocycles. The molecule has 1 N–H and O–H groups in total. The van der Waals surface area contributed by atoms with Crippen molar-refractivity contribution in [3.8, 4) is 0 Å². The summed E-state index contributed by atoms with van der Waals surface area (Å²) in [7, 11) is -4.83. The van der Waals surface area contributed by atoms with Gasteiger partial charge in [0.05, 0.1) is 0 Å². The zero-order valence-electron chi connectivity index (χ0n) is 9.04. The van der Waals surface area contributed by atoms with Gasteiger partial charge in [-0.05, 0) is 37.6 Å². The second-order valence-electron chi connectivity index (χ2n) is 3.04. The highest BCUT2D eigenvalue weighted by Gasteiger charge is 2.59. The molecule has 0 fully saturated rings. The number of halogens is 7. The van der Waals surface area contributed by atoms with Gasteiger partial charge < -0.3 is 0 Å². The van der Waals surface area contributed by atoms with Gasteiger partial charge in [0, 0.05) is 9.13 Å². The lowest BCUT2D eigenvalue weighted by Crippen LogP contribution is -2.34. The normalized spacial score (nSPS) is 12.6. The first-order valence-corrected chi connectivity index (χ1v) is 6.74. The zero-order valence-corrected chi connectivity index (χ0v) is 12.0. The fourth-order valence-electron chi connectivity index (χ4n) is 0.869. The van der Waals surface area contributed by atoms with E-state index >= 15 is 0 Å². The van der Waals surface area contributed by atoms with Crippen LogP contribution in [0.25, 0.3) is 0 Å². The number of benzene rings is 1. The van der Waals surface area contributed by atoms with Gasteiger partial charge in [-0.2, -0.15) is 30.4 Å². The minimum Gasteiger partial charge on any atom is -0.262 e. The fourth-order valence-corrected chi connectivity index (χ4v) is 1.59. The lowest BCUT2D eigenvalue weighted by Gasteiger charge is -2.20. The van der Waals surface area contributed by atoms with Gasteiger partial charge in [0.15, 0.2) is 0 Å². The Hall–Kier alpha value is -0.600. The van der Waals surface area contributed by atoms with Gasteiger partial charge in [-0.3, -0.25) is 4.55 Å². The van der Waals surface area contributed by atoms with Crippen molar-refractivity contribution in [1.82, 2.24) is 0 Å². The topological polar surface area (TPSA) is 63.6 Å². The third kappa shape index (κ3) is 5.80. The van der Waals surface area contributed by atoms with Gasteiger partial charge in [0.2, 0.25) is 0 Å². The first-order chi connectivity index (χ1) is 8.83. The Morgan fingerprint density at radius 3 is 1.80 bits per heavy atom. The van der Waals surface area contributed by atoms with Gasteiger partial charge in [0.1, 0.15) is 0 Å². The lowest BCUT2D eigenvalue weighted by atomic mass is 10.1. The van der Waals surface area contributed by atoms with Crippen molar-refractivity contribution >= 4 is 33.0 Å². The molecule has 0 heterocycles. The molecule has 0 aliphatic heterocycles. The second-order valence-corrected chi connectivity index (χ2v) is 5.19. The van der Waals surface area contributed by atoms with Crippen molar-refractivity contribution < 1.29 is 43.8 Å². The molecule has 20 heavy (non-hydrogen) atoms. The van der Waals surface area contributed by atoms with E-state index in [-0.39, 0.29) is 3.57 Å². The Morgan fingerprint density at radius 1 is 1.10 bits per heavy atom. The monoisotopic (exact) mass is 438 g/mol. The van der Waals surface area contributed by atoms with Crippen molar-refractivity contribution in [2.45, 2.75) is 12.1 Å². The van der Waals surface area contributed by atoms with Gasteiger partial charge in [-0.25, -0.2) is 0 Å². The van der Waals surface area contributed by atoms with Crippen molar-refractivity contribution in [2.24, 2.45) is 0 Å². The molecule has 12 heteroatoms. The predicted molar refractivity (Wildman–Crippen MR) is 62.8 cm³/mol. The van der Waals surface area contributed by atoms with E-state index in [9.17, 15) is 26.5 Å². The van der Waals surface area contributed by atoms with Crippen molar-refractivity contribution in [3.63, 3.8) is 0 Å². The molecule has 0 atom stereocenters. The molecule has 4 nitrogen and oxygen atoms in total. The smallest absolute Gasteiger partial charge is 0.262 e. The van der Waals surface area contributed by atoms with Gasteiger partial charge >= 0.3 is 22.5 Å². The first kappa shape index (κ1) is 19.4. The molecule has 0 amide bonds. The third-order valence-electron chi connectivity index (χ3n) is 1.65. The molecule has 116 valence electrons. The Balaban J connectivity index is 0.000000511. The molecular formula is C8H5F6IO4S. The molecule has 0 spiro atoms. The van der Waals surface area contributed by atoms with E-state index in [1.54, 1.807) is 0 Å². The summed E-state index contributed by atoms with van der Waals surface area (Å²) in [4.78, 5) is 0. The molecule has 0 unspecified atom stereocenters. The van der Waals surface area contributed by atoms with Gasteiger partial charge in [-0.15, -0.1) is 0 Å². The van der Waals surface area contributed by atoms with Crippen LogP contribution in [0.2, 0.25) is 0 Å². The summed E-state index contributed by atoms with van der Waals surface area (Å²) in [6, 6.07) is 4.53. The van der Waals surface area contributed by atoms with Crippen LogP contribution in [0.5, 0.6) is 0 Å². The Bertz CT molecular complexity index is 544. The molecule has 0 saturated heterocycles. The van der Waals surface area contributed by atoms with Crippen molar-refractivity contribution in [1.29, 1.82) is 0 Å². The minimum atomic E-state index is -5.55. The Morgan fingerprint density at radius 2 is 1.50 bits per heavy atom. The van der Waals surface area contributed by atoms with E-state index in [0.29, 0.717) is 0 Å². The van der Waals surface area contributed by atoms with Crippen LogP contribution in [0.1, 0.15) is 5.56 Å². The van der Waals surface area contributed by atoms with E-state index in [4.69, 9.17) is 13.0 Å². The highest BCUT2D eigenvalue weighted by Crippen LogP contribution is 2.45. The highest BCUT2D eigenvalue weighted by atomic mass is 127. The summed E-state index contributed by atoms with van der Waals surface area (Å²) >= 11 is 1.45. The van der Waals surface area contributed by atoms with Crippen LogP contribution in [0, 0.1) is 3.57 Å². The van der Waals surface area contributed by atoms with Crippen LogP contribution in [0.15, 0.2) is 24.3 Å². The van der Waals surface area contributed by atoms with Gasteiger partial charge in [-0.1, -0.05) is 18.2 Å². The summed E-state index contributed by atoms with van der Waals surface area (Å²) in [6.45, 7) is 0. The summed E-state index contributed by atoms with van der Waals surface area (Å²) in [5.74, 6) is -4.79. The standard InChI is InChI=1S/C8H4F5I.FHO4S/c9-7(10,8(11,12)13)5-3-1-2-4-6(5)14;1-5-6(2,3)4/h1-4H;(H,2,3,4). The third-order valence-corrected chi connectivity index (χ3v) is 2.75. The molecule has 1 rings (SSSR count). The molecule has 1 aromatic rings. The molecule has 0 radical (unpaired) electrons. The van der Waals surface area contributed by atoms with E-state index in [0.717, 1.165) is 12.1 Å². The quantitative estimate of drug-likeness (QED) is 0.436. The average Bonchev–Trinajstić information content (AvgIpc) is 2.27. The van der Waals surface area contributed by atoms with E-state index in [2.05, 4.69) is 0 Å². The lowest BCUT2D eigenvalue weighted by molar-refractivity contribution is -0.289. The van der Waals surface area contributed by atoms with Crippen molar-refractivity contribution in [2.75, 3.05) is 0 Å². The summed E-state index contributed by atoms with van der Waals surface area (Å²) in [5.41, 5.74) is -1.01. The molecule has 0 aromatic heterocycles. The maximum atomic E-state index is 12.8. The number of rotatable bonds is 2. The van der Waals surface area contributed by atoms with Crippen LogP contribution in [0.4, 0.5) is 26.5 Å². The van der Waals surface area contributed by atoms with E-state index in [1.165, 1.54) is 34.7 Å². The van der Waals surface area contributed by atoms with Crippen LogP contribution < -0.4 is 0 Å². The van der Waals surface area contributed by atoms with E-state index in [1.807, 2.05) is 4.39 Å². The molecule has 0 aliphatic carbocycles. The number of alkyl halides is 5. The average molecular weight is 438 g/mol. The first-order valence-electron chi connectivity index (χ1n) is 4.30. The highest BCUT2D eigenvalue weighted by molar-refractivity contribution is 14.1. The SMILES string of the molecule is FC(F)(F)C(F)(F)c1ccccc1I.O=S(=O)(O)OF. The van der Waals surface area contributed by atoms with Crippen molar-refractivity contribution in [3.05, 3.63) is 33.4 Å². The summed E-state index contributed by atoms with van der Waals surface area (Å²) in [6.07, 6.45) is -5.55. The van der Waals surface area contributed by atoms with E-state index < -0.39 is 28.1 Å². The minimum absolute atomic E-state index is 0.104. The van der Waals surface area contributed by atoms with Crippen LogP contribution in [0.3, 0.4) is 0 Å². The molecular weight excluding hydrogens is 433 g/mol. The summed E-state index contributed by atoms with van der Waals surface area (Å²) in [5, 5.41) is 0. The maximum absolute atomic E-state index is 12.8.